The average molecular weight is 257 g/mol. The van der Waals surface area contributed by atoms with Crippen LogP contribution in [0.2, 0.25) is 0 Å². The number of carbonyl (C=O) groups is 1. The molecular formula is C13H27N3O2. The molecule has 0 saturated carbocycles. The zero-order chi connectivity index (χ0) is 13.2. The summed E-state index contributed by atoms with van der Waals surface area (Å²) in [6.45, 7) is 7.29. The number of likely N-dealkylation sites (tertiary alicyclic amines) is 1. The van der Waals surface area contributed by atoms with Gasteiger partial charge >= 0.3 is 0 Å². The lowest BCUT2D eigenvalue weighted by Gasteiger charge is -2.23. The highest BCUT2D eigenvalue weighted by atomic mass is 16.5. The van der Waals surface area contributed by atoms with E-state index in [0.29, 0.717) is 25.7 Å². The molecule has 1 aliphatic rings. The number of methoxy groups -OCH3 is 1. The fraction of sp³-hybridized carbons (Fsp3) is 0.923. The van der Waals surface area contributed by atoms with E-state index in [1.165, 1.54) is 25.9 Å². The van der Waals surface area contributed by atoms with Crippen molar-refractivity contribution in [3.63, 3.8) is 0 Å². The second-order valence-electron chi connectivity index (χ2n) is 4.92. The molecule has 1 aliphatic heterocycles. The van der Waals surface area contributed by atoms with Gasteiger partial charge in [0, 0.05) is 32.8 Å². The van der Waals surface area contributed by atoms with Gasteiger partial charge in [0.15, 0.2) is 0 Å². The van der Waals surface area contributed by atoms with E-state index in [2.05, 4.69) is 22.5 Å². The fourth-order valence-corrected chi connectivity index (χ4v) is 2.21. The van der Waals surface area contributed by atoms with Crippen LogP contribution in [0.1, 0.15) is 26.2 Å². The van der Waals surface area contributed by atoms with Gasteiger partial charge in [0.05, 0.1) is 6.54 Å². The van der Waals surface area contributed by atoms with E-state index in [1.807, 2.05) is 0 Å². The van der Waals surface area contributed by atoms with E-state index >= 15 is 0 Å². The molecule has 0 bridgehead atoms. The zero-order valence-electron chi connectivity index (χ0n) is 11.7. The van der Waals surface area contributed by atoms with Crippen LogP contribution < -0.4 is 10.6 Å². The lowest BCUT2D eigenvalue weighted by Crippen LogP contribution is -2.42. The van der Waals surface area contributed by atoms with Crippen molar-refractivity contribution >= 4 is 5.91 Å². The Balaban J connectivity index is 1.97. The number of nitrogens with zero attached hydrogens (tertiary/aromatic N) is 1. The van der Waals surface area contributed by atoms with Gasteiger partial charge in [-0.2, -0.15) is 0 Å². The molecule has 0 aromatic carbocycles. The molecule has 0 radical (unpaired) electrons. The first-order chi connectivity index (χ1) is 8.74. The lowest BCUT2D eigenvalue weighted by atomic mass is 10.3. The Morgan fingerprint density at radius 2 is 2.11 bits per heavy atom. The highest BCUT2D eigenvalue weighted by molar-refractivity contribution is 5.77. The summed E-state index contributed by atoms with van der Waals surface area (Å²) in [5.74, 6) is 0.0692. The molecular weight excluding hydrogens is 230 g/mol. The summed E-state index contributed by atoms with van der Waals surface area (Å²) in [7, 11) is 1.67. The maximum atomic E-state index is 11.5. The van der Waals surface area contributed by atoms with E-state index in [0.717, 1.165) is 13.0 Å². The summed E-state index contributed by atoms with van der Waals surface area (Å²) in [5, 5.41) is 6.08. The van der Waals surface area contributed by atoms with E-state index in [1.54, 1.807) is 7.11 Å². The quantitative estimate of drug-likeness (QED) is 0.580. The van der Waals surface area contributed by atoms with Crippen molar-refractivity contribution < 1.29 is 9.53 Å². The third-order valence-electron chi connectivity index (χ3n) is 3.34. The Bertz CT molecular complexity index is 230. The van der Waals surface area contributed by atoms with E-state index < -0.39 is 0 Å². The molecule has 0 spiro atoms. The number of carbonyl (C=O) groups excluding carboxylic acids is 1. The van der Waals surface area contributed by atoms with Crippen LogP contribution in [0.5, 0.6) is 0 Å². The number of rotatable bonds is 9. The third-order valence-corrected chi connectivity index (χ3v) is 3.34. The number of ether oxygens (including phenoxy) is 1. The summed E-state index contributed by atoms with van der Waals surface area (Å²) in [4.78, 5) is 14.0. The van der Waals surface area contributed by atoms with Crippen LogP contribution >= 0.6 is 0 Å². The summed E-state index contributed by atoms with van der Waals surface area (Å²) < 4.78 is 4.92. The molecule has 1 amide bonds. The molecule has 0 aromatic heterocycles. The first kappa shape index (κ1) is 15.4. The fourth-order valence-electron chi connectivity index (χ4n) is 2.21. The smallest absolute Gasteiger partial charge is 0.233 e. The number of hydrogen-bond donors (Lipinski definition) is 2. The Morgan fingerprint density at radius 3 is 2.78 bits per heavy atom. The first-order valence-corrected chi connectivity index (χ1v) is 6.94. The van der Waals surface area contributed by atoms with Gasteiger partial charge in [-0.1, -0.05) is 0 Å². The van der Waals surface area contributed by atoms with Crippen molar-refractivity contribution in [2.24, 2.45) is 0 Å². The van der Waals surface area contributed by atoms with Crippen LogP contribution in [-0.4, -0.2) is 63.3 Å². The highest BCUT2D eigenvalue weighted by Gasteiger charge is 2.17. The van der Waals surface area contributed by atoms with Crippen LogP contribution in [0.3, 0.4) is 0 Å². The maximum absolute atomic E-state index is 11.5. The van der Waals surface area contributed by atoms with Crippen molar-refractivity contribution in [1.29, 1.82) is 0 Å². The van der Waals surface area contributed by atoms with Gasteiger partial charge in [0.1, 0.15) is 0 Å². The highest BCUT2D eigenvalue weighted by Crippen LogP contribution is 2.10. The third kappa shape index (κ3) is 6.33. The van der Waals surface area contributed by atoms with Gasteiger partial charge in [-0.3, -0.25) is 9.69 Å². The molecule has 1 saturated heterocycles. The molecule has 1 heterocycles. The molecule has 1 atom stereocenters. The van der Waals surface area contributed by atoms with Crippen molar-refractivity contribution in [1.82, 2.24) is 15.5 Å². The van der Waals surface area contributed by atoms with Crippen LogP contribution in [0, 0.1) is 0 Å². The second kappa shape index (κ2) is 9.30. The van der Waals surface area contributed by atoms with Crippen molar-refractivity contribution in [3.05, 3.63) is 0 Å². The molecule has 106 valence electrons. The lowest BCUT2D eigenvalue weighted by molar-refractivity contribution is -0.120. The Kier molecular flexibility index (Phi) is 7.96. The Morgan fingerprint density at radius 1 is 1.39 bits per heavy atom. The first-order valence-electron chi connectivity index (χ1n) is 6.94. The van der Waals surface area contributed by atoms with Crippen LogP contribution in [0.4, 0.5) is 0 Å². The SMILES string of the molecule is COCCCNC(=O)CNCC(C)N1CCCC1. The Hall–Kier alpha value is -0.650. The predicted molar refractivity (Wildman–Crippen MR) is 72.6 cm³/mol. The molecule has 1 fully saturated rings. The minimum atomic E-state index is 0.0692. The van der Waals surface area contributed by atoms with Crippen molar-refractivity contribution in [3.8, 4) is 0 Å². The molecule has 0 aromatic rings. The molecule has 2 N–H and O–H groups in total. The van der Waals surface area contributed by atoms with Gasteiger partial charge in [-0.25, -0.2) is 0 Å². The summed E-state index contributed by atoms with van der Waals surface area (Å²) in [5.41, 5.74) is 0. The van der Waals surface area contributed by atoms with Crippen molar-refractivity contribution in [2.75, 3.05) is 46.4 Å². The monoisotopic (exact) mass is 257 g/mol. The van der Waals surface area contributed by atoms with E-state index in [-0.39, 0.29) is 5.91 Å². The van der Waals surface area contributed by atoms with Crippen molar-refractivity contribution in [2.45, 2.75) is 32.2 Å². The van der Waals surface area contributed by atoms with E-state index in [9.17, 15) is 4.79 Å². The standard InChI is InChI=1S/C13H27N3O2/c1-12(16-7-3-4-8-16)10-14-11-13(17)15-6-5-9-18-2/h12,14H,3-11H2,1-2H3,(H,15,17). The molecule has 1 rings (SSSR count). The summed E-state index contributed by atoms with van der Waals surface area (Å²) in [6, 6.07) is 0.522. The largest absolute Gasteiger partial charge is 0.385 e. The van der Waals surface area contributed by atoms with Gasteiger partial charge < -0.3 is 15.4 Å². The zero-order valence-corrected chi connectivity index (χ0v) is 11.7. The molecule has 5 nitrogen and oxygen atoms in total. The van der Waals surface area contributed by atoms with Gasteiger partial charge in [-0.15, -0.1) is 0 Å². The molecule has 18 heavy (non-hydrogen) atoms. The predicted octanol–water partition coefficient (Wildman–Crippen LogP) is 0.213. The Labute approximate surface area is 110 Å². The van der Waals surface area contributed by atoms with Crippen LogP contribution in [-0.2, 0) is 9.53 Å². The van der Waals surface area contributed by atoms with Crippen LogP contribution in [0.25, 0.3) is 0 Å². The van der Waals surface area contributed by atoms with Crippen LogP contribution in [0.15, 0.2) is 0 Å². The molecule has 5 heteroatoms. The second-order valence-corrected chi connectivity index (χ2v) is 4.92. The topological polar surface area (TPSA) is 53.6 Å². The minimum Gasteiger partial charge on any atom is -0.385 e. The number of amides is 1. The molecule has 1 unspecified atom stereocenters. The summed E-state index contributed by atoms with van der Waals surface area (Å²) >= 11 is 0. The van der Waals surface area contributed by atoms with E-state index in [4.69, 9.17) is 4.74 Å². The number of hydrogen-bond acceptors (Lipinski definition) is 4. The normalized spacial score (nSPS) is 17.9. The minimum absolute atomic E-state index is 0.0692. The summed E-state index contributed by atoms with van der Waals surface area (Å²) in [6.07, 6.45) is 3.49. The average Bonchev–Trinajstić information content (AvgIpc) is 2.88. The molecule has 0 aliphatic carbocycles. The maximum Gasteiger partial charge on any atom is 0.233 e. The number of nitrogens with one attached hydrogen (secondary N) is 2. The van der Waals surface area contributed by atoms with Gasteiger partial charge in [-0.05, 0) is 39.3 Å². The van der Waals surface area contributed by atoms with Gasteiger partial charge in [0.25, 0.3) is 0 Å². The van der Waals surface area contributed by atoms with Gasteiger partial charge in [0.2, 0.25) is 5.91 Å².